The fourth-order valence-corrected chi connectivity index (χ4v) is 2.54. The zero-order valence-electron chi connectivity index (χ0n) is 11.5. The van der Waals surface area contributed by atoms with E-state index >= 15 is 0 Å². The predicted molar refractivity (Wildman–Crippen MR) is 78.8 cm³/mol. The first-order valence-electron chi connectivity index (χ1n) is 6.82. The van der Waals surface area contributed by atoms with E-state index in [0.717, 1.165) is 12.8 Å². The summed E-state index contributed by atoms with van der Waals surface area (Å²) in [6.07, 6.45) is 1.79. The average molecular weight is 327 g/mol. The normalized spacial score (nSPS) is 14.4. The first-order chi connectivity index (χ1) is 10.6. The van der Waals surface area contributed by atoms with Crippen LogP contribution in [0, 0.1) is 11.8 Å². The van der Waals surface area contributed by atoms with Gasteiger partial charge < -0.3 is 14.7 Å². The smallest absolute Gasteiger partial charge is 0.237 e. The molecule has 116 valence electrons. The third-order valence-corrected chi connectivity index (χ3v) is 3.75. The van der Waals surface area contributed by atoms with Gasteiger partial charge in [-0.25, -0.2) is 0 Å². The summed E-state index contributed by atoms with van der Waals surface area (Å²) in [7, 11) is 0. The number of pyridine rings is 1. The molecule has 0 atom stereocenters. The minimum atomic E-state index is -0.986. The molecule has 3 rings (SSSR count). The number of nitrogens with zero attached hydrogens (tertiary/aromatic N) is 2. The standard InChI is InChI=1S/C15H13ClF2N2O2/c16-11-13(22-10-5-3-4-9(21)8-10)12(17)15(19-14(11)18)20-6-1-2-7-20/h3-5,8,21H,1-2,6-7H2. The molecule has 1 saturated heterocycles. The Kier molecular flexibility index (Phi) is 4.02. The molecule has 7 heteroatoms. The third-order valence-electron chi connectivity index (χ3n) is 3.42. The van der Waals surface area contributed by atoms with Gasteiger partial charge in [-0.1, -0.05) is 17.7 Å². The van der Waals surface area contributed by atoms with E-state index in [4.69, 9.17) is 16.3 Å². The summed E-state index contributed by atoms with van der Waals surface area (Å²) in [6.45, 7) is 1.22. The van der Waals surface area contributed by atoms with Crippen LogP contribution in [0.25, 0.3) is 0 Å². The minimum absolute atomic E-state index is 0.0525. The van der Waals surface area contributed by atoms with Crippen molar-refractivity contribution in [3.05, 3.63) is 41.1 Å². The fraction of sp³-hybridized carbons (Fsp3) is 0.267. The SMILES string of the molecule is Oc1cccc(Oc2c(F)c(N3CCCC3)nc(F)c2Cl)c1. The number of halogens is 3. The zero-order valence-corrected chi connectivity index (χ0v) is 12.3. The molecular weight excluding hydrogens is 314 g/mol. The van der Waals surface area contributed by atoms with E-state index in [2.05, 4.69) is 4.98 Å². The van der Waals surface area contributed by atoms with Gasteiger partial charge >= 0.3 is 0 Å². The Morgan fingerprint density at radius 1 is 1.23 bits per heavy atom. The highest BCUT2D eigenvalue weighted by atomic mass is 35.5. The number of anilines is 1. The zero-order chi connectivity index (χ0) is 15.7. The van der Waals surface area contributed by atoms with E-state index in [0.29, 0.717) is 13.1 Å². The lowest BCUT2D eigenvalue weighted by molar-refractivity contribution is 0.423. The number of phenols is 1. The Morgan fingerprint density at radius 3 is 2.64 bits per heavy atom. The maximum atomic E-state index is 14.6. The number of aromatic hydroxyl groups is 1. The molecule has 0 radical (unpaired) electrons. The lowest BCUT2D eigenvalue weighted by atomic mass is 10.3. The number of hydrogen-bond acceptors (Lipinski definition) is 4. The third kappa shape index (κ3) is 2.78. The molecule has 2 aromatic rings. The van der Waals surface area contributed by atoms with E-state index in [1.165, 1.54) is 24.3 Å². The number of rotatable bonds is 3. The second-order valence-corrected chi connectivity index (χ2v) is 5.35. The number of ether oxygens (including phenoxy) is 1. The van der Waals surface area contributed by atoms with Crippen molar-refractivity contribution < 1.29 is 18.6 Å². The fourth-order valence-electron chi connectivity index (χ4n) is 2.38. The summed E-state index contributed by atoms with van der Waals surface area (Å²) in [5, 5.41) is 8.89. The van der Waals surface area contributed by atoms with Gasteiger partial charge in [-0.3, -0.25) is 0 Å². The minimum Gasteiger partial charge on any atom is -0.508 e. The molecule has 0 bridgehead atoms. The number of aromatic nitrogens is 1. The highest BCUT2D eigenvalue weighted by Crippen LogP contribution is 2.38. The molecule has 0 spiro atoms. The second-order valence-electron chi connectivity index (χ2n) is 4.98. The highest BCUT2D eigenvalue weighted by Gasteiger charge is 2.26. The Morgan fingerprint density at radius 2 is 1.95 bits per heavy atom. The van der Waals surface area contributed by atoms with Crippen molar-refractivity contribution in [3.8, 4) is 17.2 Å². The number of hydrogen-bond donors (Lipinski definition) is 1. The lowest BCUT2D eigenvalue weighted by Gasteiger charge is -2.19. The summed E-state index contributed by atoms with van der Waals surface area (Å²) in [4.78, 5) is 5.25. The molecular formula is C15H13ClF2N2O2. The number of phenolic OH excluding ortho intramolecular Hbond substituents is 1. The van der Waals surface area contributed by atoms with Crippen molar-refractivity contribution in [2.75, 3.05) is 18.0 Å². The molecule has 1 N–H and O–H groups in total. The van der Waals surface area contributed by atoms with Gasteiger partial charge in [0.25, 0.3) is 0 Å². The monoisotopic (exact) mass is 326 g/mol. The molecule has 22 heavy (non-hydrogen) atoms. The molecule has 1 fully saturated rings. The quantitative estimate of drug-likeness (QED) is 0.862. The summed E-state index contributed by atoms with van der Waals surface area (Å²) in [5.41, 5.74) is 0. The van der Waals surface area contributed by atoms with Crippen LogP contribution in [0.4, 0.5) is 14.6 Å². The average Bonchev–Trinajstić information content (AvgIpc) is 3.01. The molecule has 4 nitrogen and oxygen atoms in total. The first-order valence-corrected chi connectivity index (χ1v) is 7.20. The van der Waals surface area contributed by atoms with E-state index in [1.807, 2.05) is 0 Å². The summed E-state index contributed by atoms with van der Waals surface area (Å²) in [6, 6.07) is 5.75. The molecule has 0 aliphatic carbocycles. The van der Waals surface area contributed by atoms with E-state index in [1.54, 1.807) is 4.90 Å². The van der Waals surface area contributed by atoms with Gasteiger partial charge in [-0.05, 0) is 25.0 Å². The van der Waals surface area contributed by atoms with Crippen LogP contribution in [0.15, 0.2) is 24.3 Å². The van der Waals surface area contributed by atoms with Crippen LogP contribution in [-0.4, -0.2) is 23.2 Å². The van der Waals surface area contributed by atoms with Gasteiger partial charge in [0, 0.05) is 19.2 Å². The van der Waals surface area contributed by atoms with Gasteiger partial charge in [-0.15, -0.1) is 0 Å². The summed E-state index contributed by atoms with van der Waals surface area (Å²) in [5.74, 6) is -2.23. The van der Waals surface area contributed by atoms with Crippen molar-refractivity contribution in [1.82, 2.24) is 4.98 Å². The summed E-state index contributed by atoms with van der Waals surface area (Å²) >= 11 is 5.78. The number of benzene rings is 1. The van der Waals surface area contributed by atoms with Crippen LogP contribution in [-0.2, 0) is 0 Å². The molecule has 0 unspecified atom stereocenters. The van der Waals surface area contributed by atoms with Crippen LogP contribution >= 0.6 is 11.6 Å². The predicted octanol–water partition coefficient (Wildman–Crippen LogP) is 4.11. The Balaban J connectivity index is 2.02. The molecule has 1 aromatic carbocycles. The van der Waals surface area contributed by atoms with Crippen LogP contribution in [0.2, 0.25) is 5.02 Å². The molecule has 1 aliphatic rings. The van der Waals surface area contributed by atoms with Gasteiger partial charge in [0.15, 0.2) is 11.6 Å². The van der Waals surface area contributed by atoms with Crippen LogP contribution < -0.4 is 9.64 Å². The summed E-state index contributed by atoms with van der Waals surface area (Å²) < 4.78 is 33.8. The van der Waals surface area contributed by atoms with Crippen molar-refractivity contribution >= 4 is 17.4 Å². The first kappa shape index (κ1) is 14.8. The van der Waals surface area contributed by atoms with Gasteiger partial charge in [0.05, 0.1) is 0 Å². The molecule has 0 amide bonds. The van der Waals surface area contributed by atoms with Crippen molar-refractivity contribution in [3.63, 3.8) is 0 Å². The lowest BCUT2D eigenvalue weighted by Crippen LogP contribution is -2.21. The van der Waals surface area contributed by atoms with Gasteiger partial charge in [0.2, 0.25) is 11.8 Å². The van der Waals surface area contributed by atoms with Gasteiger partial charge in [-0.2, -0.15) is 13.8 Å². The molecule has 0 saturated carbocycles. The van der Waals surface area contributed by atoms with Crippen LogP contribution in [0.5, 0.6) is 17.2 Å². The van der Waals surface area contributed by atoms with E-state index in [9.17, 15) is 13.9 Å². The molecule has 2 heterocycles. The van der Waals surface area contributed by atoms with Crippen molar-refractivity contribution in [2.45, 2.75) is 12.8 Å². The van der Waals surface area contributed by atoms with Gasteiger partial charge in [0.1, 0.15) is 16.5 Å². The second kappa shape index (κ2) is 5.96. The highest BCUT2D eigenvalue weighted by molar-refractivity contribution is 6.32. The maximum absolute atomic E-state index is 14.6. The van der Waals surface area contributed by atoms with Crippen LogP contribution in [0.3, 0.4) is 0 Å². The van der Waals surface area contributed by atoms with Crippen molar-refractivity contribution in [2.24, 2.45) is 0 Å². The maximum Gasteiger partial charge on any atom is 0.237 e. The van der Waals surface area contributed by atoms with E-state index < -0.39 is 22.5 Å². The topological polar surface area (TPSA) is 45.6 Å². The van der Waals surface area contributed by atoms with Crippen molar-refractivity contribution in [1.29, 1.82) is 0 Å². The Labute approximate surface area is 130 Å². The van der Waals surface area contributed by atoms with E-state index in [-0.39, 0.29) is 17.3 Å². The van der Waals surface area contributed by atoms with Crippen LogP contribution in [0.1, 0.15) is 12.8 Å². The molecule has 1 aliphatic heterocycles. The Bertz CT molecular complexity index is 706. The molecule has 1 aromatic heterocycles. The largest absolute Gasteiger partial charge is 0.508 e. The Hall–Kier alpha value is -2.08.